The molecule has 192 valence electrons. The molecule has 34 heavy (non-hydrogen) atoms. The number of nitro groups is 1. The fraction of sp³-hybridized carbons (Fsp3) is 0.615. The molecule has 0 aromatic heterocycles. The van der Waals surface area contributed by atoms with Gasteiger partial charge in [0.15, 0.2) is 4.90 Å². The lowest BCUT2D eigenvalue weighted by Crippen LogP contribution is -2.13. The number of allylic oxidation sites excluding steroid dienone is 4. The number of ether oxygens (including phenoxy) is 1. The Morgan fingerprint density at radius 1 is 0.824 bits per heavy atom. The summed E-state index contributed by atoms with van der Waals surface area (Å²) in [6.07, 6.45) is 23.2. The van der Waals surface area contributed by atoms with Crippen LogP contribution in [0, 0.1) is 10.1 Å². The number of hydrogen-bond acceptors (Lipinski definition) is 6. The maximum Gasteiger partial charge on any atom is 0.303 e. The average Bonchev–Trinajstić information content (AvgIpc) is 2.82. The summed E-state index contributed by atoms with van der Waals surface area (Å²) in [6, 6.07) is 5.13. The van der Waals surface area contributed by atoms with Gasteiger partial charge in [-0.15, -0.1) is 0 Å². The van der Waals surface area contributed by atoms with E-state index in [0.29, 0.717) is 6.61 Å². The highest BCUT2D eigenvalue weighted by atomic mass is 32.2. The van der Waals surface area contributed by atoms with Crippen LogP contribution in [-0.4, -0.2) is 33.2 Å². The van der Waals surface area contributed by atoms with E-state index in [-0.39, 0.29) is 13.2 Å². The molecule has 0 aliphatic heterocycles. The molecule has 1 aromatic carbocycles. The molecule has 1 aromatic rings. The Morgan fingerprint density at radius 3 is 2.12 bits per heavy atom. The van der Waals surface area contributed by atoms with Crippen molar-refractivity contribution in [2.75, 3.05) is 19.8 Å². The maximum absolute atomic E-state index is 12.2. The van der Waals surface area contributed by atoms with Crippen molar-refractivity contribution in [2.45, 2.75) is 88.9 Å². The smallest absolute Gasteiger partial charge is 0.303 e. The van der Waals surface area contributed by atoms with Gasteiger partial charge in [-0.1, -0.05) is 81.9 Å². The second kappa shape index (κ2) is 19.3. The van der Waals surface area contributed by atoms with Crippen molar-refractivity contribution < 1.29 is 22.3 Å². The first-order chi connectivity index (χ1) is 16.5. The predicted molar refractivity (Wildman–Crippen MR) is 136 cm³/mol. The number of hydrogen-bond donors (Lipinski definition) is 0. The SMILES string of the molecule is CCCCCC=CCC=CCCCCCCCCOCCOS(=O)(=O)c1ccccc1[N+](=O)[O-]. The summed E-state index contributed by atoms with van der Waals surface area (Å²) >= 11 is 0. The standard InChI is InChI=1S/C26H41NO6S/c1-2-3-4-5-6-7-8-9-10-11-12-13-14-15-16-19-22-32-23-24-33-34(30,31)26-21-18-17-20-25(26)27(28)29/h6-7,9-10,17-18,20-21H,2-5,8,11-16,19,22-24H2,1H3. The molecule has 0 bridgehead atoms. The lowest BCUT2D eigenvalue weighted by atomic mass is 10.1. The first kappa shape index (κ1) is 30.0. The summed E-state index contributed by atoms with van der Waals surface area (Å²) < 4.78 is 34.6. The lowest BCUT2D eigenvalue weighted by Gasteiger charge is -2.07. The van der Waals surface area contributed by atoms with Crippen molar-refractivity contribution >= 4 is 15.8 Å². The van der Waals surface area contributed by atoms with E-state index in [4.69, 9.17) is 8.92 Å². The van der Waals surface area contributed by atoms with Crippen LogP contribution in [0.3, 0.4) is 0 Å². The van der Waals surface area contributed by atoms with Crippen LogP contribution in [0.15, 0.2) is 53.5 Å². The van der Waals surface area contributed by atoms with E-state index in [1.165, 1.54) is 63.1 Å². The van der Waals surface area contributed by atoms with Crippen LogP contribution >= 0.6 is 0 Å². The first-order valence-electron chi connectivity index (χ1n) is 12.5. The van der Waals surface area contributed by atoms with E-state index in [2.05, 4.69) is 31.2 Å². The summed E-state index contributed by atoms with van der Waals surface area (Å²) in [5.41, 5.74) is -0.496. The molecule has 0 aliphatic rings. The molecule has 7 nitrogen and oxygen atoms in total. The molecule has 0 fully saturated rings. The minimum absolute atomic E-state index is 0.125. The minimum atomic E-state index is -4.19. The Morgan fingerprint density at radius 2 is 1.44 bits per heavy atom. The molecule has 0 unspecified atom stereocenters. The molecule has 0 N–H and O–H groups in total. The third kappa shape index (κ3) is 14.3. The van der Waals surface area contributed by atoms with Gasteiger partial charge in [-0.3, -0.25) is 14.3 Å². The summed E-state index contributed by atoms with van der Waals surface area (Å²) in [5, 5.41) is 11.0. The number of unbranched alkanes of at least 4 members (excludes halogenated alkanes) is 9. The molecule has 0 atom stereocenters. The van der Waals surface area contributed by atoms with Gasteiger partial charge in [0.2, 0.25) is 0 Å². The van der Waals surface area contributed by atoms with Crippen LogP contribution in [0.5, 0.6) is 0 Å². The highest BCUT2D eigenvalue weighted by Crippen LogP contribution is 2.24. The molecule has 0 saturated heterocycles. The van der Waals surface area contributed by atoms with E-state index in [1.807, 2.05) is 0 Å². The van der Waals surface area contributed by atoms with Gasteiger partial charge in [-0.25, -0.2) is 0 Å². The number of rotatable bonds is 21. The van der Waals surface area contributed by atoms with Gasteiger partial charge < -0.3 is 4.74 Å². The highest BCUT2D eigenvalue weighted by Gasteiger charge is 2.25. The molecular formula is C26H41NO6S. The van der Waals surface area contributed by atoms with Gasteiger partial charge >= 0.3 is 10.1 Å². The summed E-state index contributed by atoms with van der Waals surface area (Å²) in [5.74, 6) is 0. The van der Waals surface area contributed by atoms with E-state index in [9.17, 15) is 18.5 Å². The monoisotopic (exact) mass is 495 g/mol. The van der Waals surface area contributed by atoms with E-state index in [0.717, 1.165) is 38.2 Å². The van der Waals surface area contributed by atoms with Crippen LogP contribution in [0.1, 0.15) is 84.0 Å². The zero-order chi connectivity index (χ0) is 24.9. The molecular weight excluding hydrogens is 454 g/mol. The summed E-state index contributed by atoms with van der Waals surface area (Å²) in [7, 11) is -4.19. The quantitative estimate of drug-likeness (QED) is 0.0592. The predicted octanol–water partition coefficient (Wildman–Crippen LogP) is 7.13. The van der Waals surface area contributed by atoms with E-state index >= 15 is 0 Å². The Hall–Kier alpha value is -2.03. The summed E-state index contributed by atoms with van der Waals surface area (Å²) in [4.78, 5) is 9.80. The maximum atomic E-state index is 12.2. The number of nitro benzene ring substituents is 1. The zero-order valence-corrected chi connectivity index (χ0v) is 21.3. The van der Waals surface area contributed by atoms with Gasteiger partial charge in [0.05, 0.1) is 18.1 Å². The van der Waals surface area contributed by atoms with E-state index < -0.39 is 25.6 Å². The van der Waals surface area contributed by atoms with Crippen LogP contribution in [0.25, 0.3) is 0 Å². The fourth-order valence-electron chi connectivity index (χ4n) is 3.38. The Balaban J connectivity index is 1.96. The Bertz CT molecular complexity index is 835. The van der Waals surface area contributed by atoms with Gasteiger partial charge in [0.1, 0.15) is 0 Å². The molecule has 0 radical (unpaired) electrons. The van der Waals surface area contributed by atoms with Gasteiger partial charge in [0.25, 0.3) is 5.69 Å². The second-order valence-electron chi connectivity index (χ2n) is 8.20. The van der Waals surface area contributed by atoms with Crippen LogP contribution in [-0.2, 0) is 19.0 Å². The van der Waals surface area contributed by atoms with Crippen molar-refractivity contribution in [3.8, 4) is 0 Å². The van der Waals surface area contributed by atoms with E-state index in [1.54, 1.807) is 0 Å². The normalized spacial score (nSPS) is 12.1. The average molecular weight is 496 g/mol. The summed E-state index contributed by atoms with van der Waals surface area (Å²) in [6.45, 7) is 2.73. The molecule has 0 saturated carbocycles. The van der Waals surface area contributed by atoms with Crippen LogP contribution < -0.4 is 0 Å². The molecule has 0 aliphatic carbocycles. The van der Waals surface area contributed by atoms with Gasteiger partial charge in [-0.2, -0.15) is 8.42 Å². The fourth-order valence-corrected chi connectivity index (χ4v) is 4.44. The molecule has 0 heterocycles. The van der Waals surface area contributed by atoms with Crippen LogP contribution in [0.4, 0.5) is 5.69 Å². The van der Waals surface area contributed by atoms with Crippen molar-refractivity contribution in [2.24, 2.45) is 0 Å². The third-order valence-electron chi connectivity index (χ3n) is 5.29. The molecule has 0 spiro atoms. The first-order valence-corrected chi connectivity index (χ1v) is 13.9. The van der Waals surface area contributed by atoms with Crippen molar-refractivity contribution in [3.05, 3.63) is 58.7 Å². The second-order valence-corrected chi connectivity index (χ2v) is 9.78. The topological polar surface area (TPSA) is 95.7 Å². The minimum Gasteiger partial charge on any atom is -0.379 e. The van der Waals surface area contributed by atoms with Crippen LogP contribution in [0.2, 0.25) is 0 Å². The lowest BCUT2D eigenvalue weighted by molar-refractivity contribution is -0.387. The zero-order valence-electron chi connectivity index (χ0n) is 20.5. The van der Waals surface area contributed by atoms with Crippen molar-refractivity contribution in [3.63, 3.8) is 0 Å². The largest absolute Gasteiger partial charge is 0.379 e. The van der Waals surface area contributed by atoms with Gasteiger partial charge in [-0.05, 0) is 44.6 Å². The van der Waals surface area contributed by atoms with Crippen molar-refractivity contribution in [1.29, 1.82) is 0 Å². The molecule has 8 heteroatoms. The molecule has 0 amide bonds. The van der Waals surface area contributed by atoms with Gasteiger partial charge in [0, 0.05) is 12.7 Å². The molecule has 1 rings (SSSR count). The third-order valence-corrected chi connectivity index (χ3v) is 6.65. The number of nitrogens with zero attached hydrogens (tertiary/aromatic N) is 1. The number of para-hydroxylation sites is 1. The van der Waals surface area contributed by atoms with Crippen molar-refractivity contribution in [1.82, 2.24) is 0 Å². The Kier molecular flexibility index (Phi) is 17.0. The number of benzene rings is 1. The highest BCUT2D eigenvalue weighted by molar-refractivity contribution is 7.87. The Labute approximate surface area is 205 Å².